The van der Waals surface area contributed by atoms with E-state index >= 15 is 0 Å². The third-order valence-electron chi connectivity index (χ3n) is 2.35. The van der Waals surface area contributed by atoms with Gasteiger partial charge in [-0.25, -0.2) is 4.98 Å². The summed E-state index contributed by atoms with van der Waals surface area (Å²) in [5.74, 6) is 0.0433. The molecule has 2 heterocycles. The summed E-state index contributed by atoms with van der Waals surface area (Å²) >= 11 is 8.58. The number of ether oxygens (including phenoxy) is 1. The first-order valence-corrected chi connectivity index (χ1v) is 8.46. The van der Waals surface area contributed by atoms with Crippen LogP contribution in [0.1, 0.15) is 0 Å². The molecular formula is C12H14ClN5O2S2. The number of nitrogens with zero attached hydrogens (tertiary/aromatic N) is 3. The standard InChI is InChI=1S/C12H14ClN5O2S2/c1-20-6-5-15-11-17-18-12(22-11)21-7-9(19)16-8-3-2-4-14-10(8)13/h2-4H,5-7H2,1H3,(H,15,17)(H,16,19). The van der Waals surface area contributed by atoms with Crippen molar-refractivity contribution in [3.8, 4) is 0 Å². The third kappa shape index (κ3) is 5.41. The first kappa shape index (κ1) is 16.9. The van der Waals surface area contributed by atoms with E-state index in [0.717, 1.165) is 0 Å². The van der Waals surface area contributed by atoms with E-state index in [0.29, 0.717) is 28.3 Å². The van der Waals surface area contributed by atoms with Crippen LogP contribution in [-0.2, 0) is 9.53 Å². The number of anilines is 2. The molecule has 2 aromatic heterocycles. The Kier molecular flexibility index (Phi) is 6.84. The first-order valence-electron chi connectivity index (χ1n) is 6.28. The number of pyridine rings is 1. The van der Waals surface area contributed by atoms with Crippen LogP contribution in [0.2, 0.25) is 5.15 Å². The number of carbonyl (C=O) groups excluding carboxylic acids is 1. The summed E-state index contributed by atoms with van der Waals surface area (Å²) in [6.07, 6.45) is 1.56. The van der Waals surface area contributed by atoms with E-state index in [9.17, 15) is 4.79 Å². The molecule has 1 amide bonds. The fourth-order valence-corrected chi connectivity index (χ4v) is 3.14. The molecule has 0 spiro atoms. The van der Waals surface area contributed by atoms with Crippen molar-refractivity contribution in [3.63, 3.8) is 0 Å². The topological polar surface area (TPSA) is 89.0 Å². The fraction of sp³-hybridized carbons (Fsp3) is 0.333. The molecule has 2 aromatic rings. The summed E-state index contributed by atoms with van der Waals surface area (Å²) in [5.41, 5.74) is 0.494. The van der Waals surface area contributed by atoms with Gasteiger partial charge in [-0.2, -0.15) is 0 Å². The Morgan fingerprint density at radius 1 is 1.50 bits per heavy atom. The zero-order valence-electron chi connectivity index (χ0n) is 11.7. The second kappa shape index (κ2) is 8.89. The van der Waals surface area contributed by atoms with E-state index < -0.39 is 0 Å². The van der Waals surface area contributed by atoms with E-state index in [-0.39, 0.29) is 16.8 Å². The molecule has 0 aliphatic rings. The normalized spacial score (nSPS) is 10.5. The van der Waals surface area contributed by atoms with E-state index in [1.54, 1.807) is 25.4 Å². The molecule has 118 valence electrons. The molecule has 0 radical (unpaired) electrons. The number of halogens is 1. The zero-order valence-corrected chi connectivity index (χ0v) is 14.1. The van der Waals surface area contributed by atoms with E-state index in [1.165, 1.54) is 23.1 Å². The van der Waals surface area contributed by atoms with Gasteiger partial charge in [0, 0.05) is 19.9 Å². The highest BCUT2D eigenvalue weighted by Crippen LogP contribution is 2.25. The number of methoxy groups -OCH3 is 1. The van der Waals surface area contributed by atoms with Crippen molar-refractivity contribution in [2.75, 3.05) is 36.6 Å². The quantitative estimate of drug-likeness (QED) is 0.425. The Balaban J connectivity index is 1.78. The maximum Gasteiger partial charge on any atom is 0.234 e. The van der Waals surface area contributed by atoms with Crippen LogP contribution in [0, 0.1) is 0 Å². The van der Waals surface area contributed by atoms with Gasteiger partial charge in [0.1, 0.15) is 0 Å². The van der Waals surface area contributed by atoms with Crippen LogP contribution in [0.5, 0.6) is 0 Å². The van der Waals surface area contributed by atoms with Crippen molar-refractivity contribution >= 4 is 51.4 Å². The van der Waals surface area contributed by atoms with Gasteiger partial charge in [0.15, 0.2) is 9.49 Å². The second-order valence-corrected chi connectivity index (χ2v) is 6.53. The summed E-state index contributed by atoms with van der Waals surface area (Å²) in [6, 6.07) is 3.40. The van der Waals surface area contributed by atoms with E-state index in [4.69, 9.17) is 16.3 Å². The Morgan fingerprint density at radius 2 is 2.36 bits per heavy atom. The molecule has 10 heteroatoms. The SMILES string of the molecule is COCCNc1nnc(SCC(=O)Nc2cccnc2Cl)s1. The number of amides is 1. The lowest BCUT2D eigenvalue weighted by atomic mass is 10.4. The number of carbonyl (C=O) groups is 1. The summed E-state index contributed by atoms with van der Waals surface area (Å²) in [7, 11) is 1.64. The summed E-state index contributed by atoms with van der Waals surface area (Å²) < 4.78 is 5.65. The van der Waals surface area contributed by atoms with Gasteiger partial charge in [0.05, 0.1) is 18.0 Å². The van der Waals surface area contributed by atoms with Crippen LogP contribution >= 0.6 is 34.7 Å². The Hall–Kier alpha value is -1.42. The highest BCUT2D eigenvalue weighted by atomic mass is 35.5. The first-order chi connectivity index (χ1) is 10.7. The summed E-state index contributed by atoms with van der Waals surface area (Å²) in [6.45, 7) is 1.26. The van der Waals surface area contributed by atoms with Gasteiger partial charge in [-0.05, 0) is 12.1 Å². The van der Waals surface area contributed by atoms with E-state index in [1.807, 2.05) is 0 Å². The average molecular weight is 360 g/mol. The number of hydrogen-bond donors (Lipinski definition) is 2. The van der Waals surface area contributed by atoms with Crippen molar-refractivity contribution in [1.82, 2.24) is 15.2 Å². The number of rotatable bonds is 8. The molecule has 0 bridgehead atoms. The van der Waals surface area contributed by atoms with Crippen molar-refractivity contribution < 1.29 is 9.53 Å². The maximum atomic E-state index is 11.9. The van der Waals surface area contributed by atoms with Crippen LogP contribution in [0.15, 0.2) is 22.7 Å². The van der Waals surface area contributed by atoms with Crippen LogP contribution in [0.3, 0.4) is 0 Å². The lowest BCUT2D eigenvalue weighted by molar-refractivity contribution is -0.113. The molecule has 2 rings (SSSR count). The summed E-state index contributed by atoms with van der Waals surface area (Å²) in [5, 5.41) is 14.7. The minimum atomic E-state index is -0.177. The molecule has 0 saturated carbocycles. The lowest BCUT2D eigenvalue weighted by Crippen LogP contribution is -2.14. The highest BCUT2D eigenvalue weighted by Gasteiger charge is 2.10. The monoisotopic (exact) mass is 359 g/mol. The predicted octanol–water partition coefficient (Wildman–Crippen LogP) is 2.38. The maximum absolute atomic E-state index is 11.9. The molecule has 22 heavy (non-hydrogen) atoms. The molecule has 0 atom stereocenters. The van der Waals surface area contributed by atoms with Gasteiger partial charge in [-0.1, -0.05) is 34.7 Å². The molecule has 0 aromatic carbocycles. The predicted molar refractivity (Wildman–Crippen MR) is 88.9 cm³/mol. The minimum Gasteiger partial charge on any atom is -0.383 e. The van der Waals surface area contributed by atoms with Crippen molar-refractivity contribution in [2.24, 2.45) is 0 Å². The average Bonchev–Trinajstić information content (AvgIpc) is 2.96. The molecule has 0 saturated heterocycles. The lowest BCUT2D eigenvalue weighted by Gasteiger charge is -2.04. The second-order valence-electron chi connectivity index (χ2n) is 3.97. The van der Waals surface area contributed by atoms with Crippen LogP contribution < -0.4 is 10.6 Å². The summed E-state index contributed by atoms with van der Waals surface area (Å²) in [4.78, 5) is 15.8. The van der Waals surface area contributed by atoms with Gasteiger partial charge in [0.25, 0.3) is 0 Å². The van der Waals surface area contributed by atoms with Gasteiger partial charge in [-0.3, -0.25) is 4.79 Å². The molecule has 0 aliphatic carbocycles. The zero-order chi connectivity index (χ0) is 15.8. The largest absolute Gasteiger partial charge is 0.383 e. The Labute approximate surface area is 140 Å². The van der Waals surface area contributed by atoms with Gasteiger partial charge >= 0.3 is 0 Å². The smallest absolute Gasteiger partial charge is 0.234 e. The van der Waals surface area contributed by atoms with Gasteiger partial charge < -0.3 is 15.4 Å². The van der Waals surface area contributed by atoms with Crippen LogP contribution in [0.25, 0.3) is 0 Å². The molecule has 2 N–H and O–H groups in total. The van der Waals surface area contributed by atoms with E-state index in [2.05, 4.69) is 25.8 Å². The molecular weight excluding hydrogens is 346 g/mol. The number of aromatic nitrogens is 3. The third-order valence-corrected chi connectivity index (χ3v) is 4.66. The Morgan fingerprint density at radius 3 is 3.14 bits per heavy atom. The van der Waals surface area contributed by atoms with Crippen molar-refractivity contribution in [2.45, 2.75) is 4.34 Å². The van der Waals surface area contributed by atoms with Gasteiger partial charge in [0.2, 0.25) is 11.0 Å². The Bertz CT molecular complexity index is 625. The van der Waals surface area contributed by atoms with Crippen LogP contribution in [-0.4, -0.2) is 47.1 Å². The molecule has 0 unspecified atom stereocenters. The highest BCUT2D eigenvalue weighted by molar-refractivity contribution is 8.01. The molecule has 0 fully saturated rings. The van der Waals surface area contributed by atoms with Crippen molar-refractivity contribution in [1.29, 1.82) is 0 Å². The van der Waals surface area contributed by atoms with Crippen LogP contribution in [0.4, 0.5) is 10.8 Å². The number of nitrogens with one attached hydrogen (secondary N) is 2. The fourth-order valence-electron chi connectivity index (χ4n) is 1.39. The van der Waals surface area contributed by atoms with Crippen molar-refractivity contribution in [3.05, 3.63) is 23.5 Å². The minimum absolute atomic E-state index is 0.177. The van der Waals surface area contributed by atoms with Gasteiger partial charge in [-0.15, -0.1) is 10.2 Å². The number of thioether (sulfide) groups is 1. The number of hydrogen-bond acceptors (Lipinski definition) is 8. The molecule has 0 aliphatic heterocycles. The molecule has 7 nitrogen and oxygen atoms in total.